The summed E-state index contributed by atoms with van der Waals surface area (Å²) in [7, 11) is 0. The van der Waals surface area contributed by atoms with E-state index in [-0.39, 0.29) is 5.58 Å². The van der Waals surface area contributed by atoms with E-state index in [9.17, 15) is 14.4 Å². The van der Waals surface area contributed by atoms with Crippen molar-refractivity contribution in [2.24, 2.45) is 0 Å². The molecule has 0 saturated heterocycles. The van der Waals surface area contributed by atoms with E-state index < -0.39 is 35.4 Å². The molecule has 0 radical (unpaired) electrons. The molecule has 3 rings (SSSR count). The van der Waals surface area contributed by atoms with Gasteiger partial charge in [-0.15, -0.1) is 0 Å². The highest BCUT2D eigenvalue weighted by Crippen LogP contribution is 2.46. The summed E-state index contributed by atoms with van der Waals surface area (Å²) in [5.74, 6) is -0.775. The Morgan fingerprint density at radius 2 is 1.74 bits per heavy atom. The molecule has 0 fully saturated rings. The topological polar surface area (TPSA) is 92.0 Å². The van der Waals surface area contributed by atoms with Crippen LogP contribution in [0.25, 0.3) is 11.0 Å². The predicted octanol–water partition coefficient (Wildman–Crippen LogP) is 4.39. The smallest absolute Gasteiger partial charge is 0.336 e. The van der Waals surface area contributed by atoms with Crippen molar-refractivity contribution in [1.82, 2.24) is 0 Å². The summed E-state index contributed by atoms with van der Waals surface area (Å²) >= 11 is 0. The number of fused-ring (bicyclic) bond motifs is 3. The van der Waals surface area contributed by atoms with Gasteiger partial charge in [0.25, 0.3) is 0 Å². The molecule has 0 unspecified atom stereocenters. The molecule has 2 heterocycles. The average Bonchev–Trinajstić information content (AvgIpc) is 2.68. The van der Waals surface area contributed by atoms with E-state index in [1.54, 1.807) is 65.8 Å². The number of rotatable bonds is 4. The Hall–Kier alpha value is -3.35. The minimum absolute atomic E-state index is 0.222. The number of allylic oxidation sites excluding steroid dienone is 2. The first kappa shape index (κ1) is 22.3. The van der Waals surface area contributed by atoms with Crippen LogP contribution in [-0.4, -0.2) is 23.6 Å². The van der Waals surface area contributed by atoms with Gasteiger partial charge in [0.05, 0.1) is 5.56 Å². The summed E-state index contributed by atoms with van der Waals surface area (Å²) < 4.78 is 23.1. The third-order valence-electron chi connectivity index (χ3n) is 5.04. The molecule has 0 saturated carbocycles. The molecule has 0 aliphatic carbocycles. The number of benzene rings is 1. The Morgan fingerprint density at radius 1 is 1.06 bits per heavy atom. The maximum Gasteiger partial charge on any atom is 0.336 e. The Balaban J connectivity index is 2.22. The van der Waals surface area contributed by atoms with Gasteiger partial charge in [-0.2, -0.15) is 0 Å². The van der Waals surface area contributed by atoms with Gasteiger partial charge >= 0.3 is 17.6 Å². The number of esters is 2. The number of hydrogen-bond donors (Lipinski definition) is 0. The third kappa shape index (κ3) is 4.55. The van der Waals surface area contributed by atoms with Crippen LogP contribution in [0.5, 0.6) is 5.75 Å². The summed E-state index contributed by atoms with van der Waals surface area (Å²) in [5, 5.41) is 0.625. The lowest BCUT2D eigenvalue weighted by molar-refractivity contribution is -0.185. The molecule has 1 aliphatic heterocycles. The van der Waals surface area contributed by atoms with Gasteiger partial charge in [-0.05, 0) is 59.7 Å². The predicted molar refractivity (Wildman–Crippen MR) is 115 cm³/mol. The minimum Gasteiger partial charge on any atom is -0.483 e. The minimum atomic E-state index is -1.05. The van der Waals surface area contributed by atoms with Crippen LogP contribution in [0.3, 0.4) is 0 Å². The molecule has 31 heavy (non-hydrogen) atoms. The van der Waals surface area contributed by atoms with Gasteiger partial charge in [-0.3, -0.25) is 0 Å². The van der Waals surface area contributed by atoms with Gasteiger partial charge in [0.1, 0.15) is 16.9 Å². The van der Waals surface area contributed by atoms with E-state index in [4.69, 9.17) is 18.6 Å². The van der Waals surface area contributed by atoms with Gasteiger partial charge < -0.3 is 18.6 Å². The second kappa shape index (κ2) is 8.41. The molecule has 2 atom stereocenters. The standard InChI is InChI=1S/C24H26O7/c1-7-14(4)23(27)30-21-19-16(10-8-15-9-11-17(25)28-20(15)19)31-24(5,6)22(21)29-18(26)12-13(2)3/h7-12,21-22H,1-6H3/b14-7-/t21-,22-/m1/s1. The largest absolute Gasteiger partial charge is 0.483 e. The van der Waals surface area contributed by atoms with Crippen molar-refractivity contribution in [1.29, 1.82) is 0 Å². The van der Waals surface area contributed by atoms with Crippen LogP contribution >= 0.6 is 0 Å². The summed E-state index contributed by atoms with van der Waals surface area (Å²) in [6, 6.07) is 6.39. The van der Waals surface area contributed by atoms with Crippen LogP contribution in [-0.2, 0) is 19.1 Å². The molecule has 7 heteroatoms. The van der Waals surface area contributed by atoms with Crippen LogP contribution in [0.15, 0.2) is 56.8 Å². The van der Waals surface area contributed by atoms with E-state index in [2.05, 4.69) is 0 Å². The zero-order valence-corrected chi connectivity index (χ0v) is 18.5. The Labute approximate surface area is 180 Å². The zero-order chi connectivity index (χ0) is 22.9. The van der Waals surface area contributed by atoms with Crippen LogP contribution < -0.4 is 10.4 Å². The average molecular weight is 426 g/mol. The lowest BCUT2D eigenvalue weighted by atomic mass is 9.87. The first-order valence-corrected chi connectivity index (χ1v) is 9.98. The second-order valence-electron chi connectivity index (χ2n) is 8.23. The second-order valence-corrected chi connectivity index (χ2v) is 8.23. The van der Waals surface area contributed by atoms with Gasteiger partial charge in [-0.25, -0.2) is 14.4 Å². The van der Waals surface area contributed by atoms with E-state index in [0.29, 0.717) is 22.3 Å². The fourth-order valence-corrected chi connectivity index (χ4v) is 3.40. The molecule has 164 valence electrons. The Morgan fingerprint density at radius 3 is 2.39 bits per heavy atom. The molecule has 2 aromatic rings. The molecule has 1 aliphatic rings. The van der Waals surface area contributed by atoms with E-state index in [1.165, 1.54) is 12.1 Å². The summed E-state index contributed by atoms with van der Waals surface area (Å²) in [6.45, 7) is 10.4. The van der Waals surface area contributed by atoms with Crippen molar-refractivity contribution in [2.45, 2.75) is 59.4 Å². The zero-order valence-electron chi connectivity index (χ0n) is 18.5. The third-order valence-corrected chi connectivity index (χ3v) is 5.04. The van der Waals surface area contributed by atoms with Gasteiger partial charge in [0, 0.05) is 23.1 Å². The van der Waals surface area contributed by atoms with Crippen molar-refractivity contribution in [2.75, 3.05) is 0 Å². The molecule has 0 spiro atoms. The monoisotopic (exact) mass is 426 g/mol. The molecule has 1 aromatic heterocycles. The normalized spacial score (nSPS) is 19.7. The number of carbonyl (C=O) groups is 2. The van der Waals surface area contributed by atoms with E-state index >= 15 is 0 Å². The lowest BCUT2D eigenvalue weighted by Gasteiger charge is -2.43. The van der Waals surface area contributed by atoms with Crippen LogP contribution in [0, 0.1) is 0 Å². The lowest BCUT2D eigenvalue weighted by Crippen LogP contribution is -2.52. The first-order valence-electron chi connectivity index (χ1n) is 9.98. The van der Waals surface area contributed by atoms with E-state index in [0.717, 1.165) is 5.57 Å². The molecular weight excluding hydrogens is 400 g/mol. The van der Waals surface area contributed by atoms with Gasteiger partial charge in [0.2, 0.25) is 0 Å². The molecule has 0 amide bonds. The molecule has 0 bridgehead atoms. The van der Waals surface area contributed by atoms with E-state index in [1.807, 2.05) is 0 Å². The van der Waals surface area contributed by atoms with Crippen molar-refractivity contribution in [3.63, 3.8) is 0 Å². The Bertz CT molecular complexity index is 1150. The highest BCUT2D eigenvalue weighted by atomic mass is 16.6. The molecule has 1 aromatic carbocycles. The van der Waals surface area contributed by atoms with Crippen LogP contribution in [0.4, 0.5) is 0 Å². The van der Waals surface area contributed by atoms with Gasteiger partial charge in [0.15, 0.2) is 12.2 Å². The molecule has 7 nitrogen and oxygen atoms in total. The first-order chi connectivity index (χ1) is 14.5. The van der Waals surface area contributed by atoms with Crippen molar-refractivity contribution < 1.29 is 28.2 Å². The molecule has 0 N–H and O–H groups in total. The van der Waals surface area contributed by atoms with Crippen molar-refractivity contribution in [3.05, 3.63) is 63.5 Å². The van der Waals surface area contributed by atoms with Crippen molar-refractivity contribution in [3.8, 4) is 5.75 Å². The van der Waals surface area contributed by atoms with Gasteiger partial charge in [-0.1, -0.05) is 11.6 Å². The molecular formula is C24H26O7. The summed E-state index contributed by atoms with van der Waals surface area (Å²) in [5.41, 5.74) is 0.131. The highest BCUT2D eigenvalue weighted by Gasteiger charge is 2.50. The SMILES string of the molecule is C/C=C(/C)C(=O)O[C@@H]1c2c(ccc3ccc(=O)oc23)OC(C)(C)[C@@H]1OC(=O)C=C(C)C. The summed E-state index contributed by atoms with van der Waals surface area (Å²) in [4.78, 5) is 37.1. The van der Waals surface area contributed by atoms with Crippen LogP contribution in [0.1, 0.15) is 53.2 Å². The fourth-order valence-electron chi connectivity index (χ4n) is 3.40. The van der Waals surface area contributed by atoms with Crippen molar-refractivity contribution >= 4 is 22.9 Å². The maximum absolute atomic E-state index is 12.7. The number of hydrogen-bond acceptors (Lipinski definition) is 7. The maximum atomic E-state index is 12.7. The quantitative estimate of drug-likeness (QED) is 0.407. The van der Waals surface area contributed by atoms with Crippen LogP contribution in [0.2, 0.25) is 0 Å². The number of carbonyl (C=O) groups excluding carboxylic acids is 2. The highest BCUT2D eigenvalue weighted by molar-refractivity contribution is 5.89. The number of ether oxygens (including phenoxy) is 3. The summed E-state index contributed by atoms with van der Waals surface area (Å²) in [6.07, 6.45) is 0.934. The Kier molecular flexibility index (Phi) is 6.06. The fraction of sp³-hybridized carbons (Fsp3) is 0.375.